The highest BCUT2D eigenvalue weighted by molar-refractivity contribution is 7.87. The van der Waals surface area contributed by atoms with Gasteiger partial charge in [0.15, 0.2) is 0 Å². The molecule has 1 saturated heterocycles. The summed E-state index contributed by atoms with van der Waals surface area (Å²) in [6.45, 7) is 3.02. The van der Waals surface area contributed by atoms with Gasteiger partial charge in [-0.05, 0) is 50.1 Å². The van der Waals surface area contributed by atoms with Crippen LogP contribution in [0.1, 0.15) is 25.3 Å². The molecule has 0 radical (unpaired) electrons. The van der Waals surface area contributed by atoms with Crippen LogP contribution in [-0.4, -0.2) is 64.5 Å². The van der Waals surface area contributed by atoms with Crippen molar-refractivity contribution < 1.29 is 22.8 Å². The first-order valence-electron chi connectivity index (χ1n) is 12.5. The molecular weight excluding hydrogens is 520 g/mol. The summed E-state index contributed by atoms with van der Waals surface area (Å²) < 4.78 is 42.1. The maximum absolute atomic E-state index is 12.1. The fraction of sp³-hybridized carbons (Fsp3) is 0.296. The van der Waals surface area contributed by atoms with Crippen molar-refractivity contribution in [3.05, 3.63) is 72.7 Å². The third-order valence-corrected chi connectivity index (χ3v) is 7.75. The van der Waals surface area contributed by atoms with Gasteiger partial charge in [-0.3, -0.25) is 4.55 Å². The van der Waals surface area contributed by atoms with Gasteiger partial charge in [-0.25, -0.2) is 13.8 Å². The van der Waals surface area contributed by atoms with Gasteiger partial charge in [-0.15, -0.1) is 0 Å². The predicted molar refractivity (Wildman–Crippen MR) is 146 cm³/mol. The Morgan fingerprint density at radius 2 is 1.90 bits per heavy atom. The lowest BCUT2D eigenvalue weighted by atomic mass is 9.91. The molecule has 12 heteroatoms. The molecule has 0 saturated carbocycles. The fourth-order valence-corrected chi connectivity index (χ4v) is 5.65. The largest absolute Gasteiger partial charge is 0.492 e. The van der Waals surface area contributed by atoms with E-state index in [1.807, 2.05) is 30.0 Å². The molecule has 0 unspecified atom stereocenters. The number of piperidine rings is 1. The first-order valence-corrected chi connectivity index (χ1v) is 13.9. The van der Waals surface area contributed by atoms with E-state index >= 15 is 0 Å². The molecule has 39 heavy (non-hydrogen) atoms. The topological polar surface area (TPSA) is 144 Å². The Bertz CT molecular complexity index is 1610. The van der Waals surface area contributed by atoms with Crippen molar-refractivity contribution in [2.75, 3.05) is 35.4 Å². The number of benzene rings is 1. The summed E-state index contributed by atoms with van der Waals surface area (Å²) >= 11 is 0. The molecule has 0 amide bonds. The summed E-state index contributed by atoms with van der Waals surface area (Å²) in [6, 6.07) is 16.1. The maximum Gasteiger partial charge on any atom is 0.360 e. The molecule has 1 aliphatic rings. The second-order valence-electron chi connectivity index (χ2n) is 9.42. The van der Waals surface area contributed by atoms with Crippen molar-refractivity contribution >= 4 is 27.3 Å². The molecule has 0 aliphatic carbocycles. The number of hydrogen-bond donors (Lipinski definition) is 2. The summed E-state index contributed by atoms with van der Waals surface area (Å²) in [5.74, 6) is 1.34. The summed E-state index contributed by atoms with van der Waals surface area (Å²) in [5.41, 5.74) is 1.65. The Balaban J connectivity index is 1.33. The molecule has 5 rings (SSSR count). The SMILES string of the molecule is CCOc1cc(-c2ccc(N3CCC(O)(CN(c4ccccc4)S(=O)(=O)O)CC3)nc2)c2c(C#N)cnn2c1. The standard InChI is InChI=1S/C27H28N6O5S/c1-2-38-23-14-24(26-21(15-28)17-30-32(26)18-23)20-8-9-25(29-16-20)31-12-10-27(34,11-13-31)19-33(39(35,36)37)22-6-4-3-5-7-22/h3-9,14,16-18,34H,2,10-13,19H2,1H3,(H,35,36,37). The zero-order valence-electron chi connectivity index (χ0n) is 21.3. The number of fused-ring (bicyclic) bond motifs is 1. The Hall–Kier alpha value is -4.18. The molecule has 4 heterocycles. The van der Waals surface area contributed by atoms with E-state index in [2.05, 4.69) is 16.2 Å². The van der Waals surface area contributed by atoms with Crippen molar-refractivity contribution in [2.45, 2.75) is 25.4 Å². The molecule has 0 spiro atoms. The Morgan fingerprint density at radius 3 is 2.51 bits per heavy atom. The van der Waals surface area contributed by atoms with Gasteiger partial charge in [0, 0.05) is 30.4 Å². The van der Waals surface area contributed by atoms with Crippen LogP contribution < -0.4 is 13.9 Å². The number of rotatable bonds is 8. The molecule has 1 aliphatic heterocycles. The maximum atomic E-state index is 12.1. The van der Waals surface area contributed by atoms with Crippen LogP contribution >= 0.6 is 0 Å². The van der Waals surface area contributed by atoms with Crippen molar-refractivity contribution in [2.24, 2.45) is 0 Å². The zero-order chi connectivity index (χ0) is 27.6. The van der Waals surface area contributed by atoms with Crippen LogP contribution in [0.15, 0.2) is 67.1 Å². The van der Waals surface area contributed by atoms with Crippen LogP contribution in [-0.2, 0) is 10.3 Å². The quantitative estimate of drug-likeness (QED) is 0.317. The molecule has 0 bridgehead atoms. The van der Waals surface area contributed by atoms with Crippen LogP contribution in [0, 0.1) is 11.3 Å². The van der Waals surface area contributed by atoms with Crippen LogP contribution in [0.5, 0.6) is 5.75 Å². The number of aromatic nitrogens is 3. The van der Waals surface area contributed by atoms with Gasteiger partial charge in [0.25, 0.3) is 0 Å². The summed E-state index contributed by atoms with van der Waals surface area (Å²) in [7, 11) is -4.56. The molecule has 0 atom stereocenters. The normalized spacial score (nSPS) is 15.2. The van der Waals surface area contributed by atoms with E-state index in [0.717, 1.165) is 15.4 Å². The minimum atomic E-state index is -4.56. The second-order valence-corrected chi connectivity index (χ2v) is 10.8. The molecule has 3 aromatic heterocycles. The van der Waals surface area contributed by atoms with Gasteiger partial charge < -0.3 is 14.7 Å². The van der Waals surface area contributed by atoms with Crippen LogP contribution in [0.3, 0.4) is 0 Å². The second kappa shape index (κ2) is 10.5. The van der Waals surface area contributed by atoms with Gasteiger partial charge in [0.2, 0.25) is 0 Å². The van der Waals surface area contributed by atoms with Crippen molar-refractivity contribution in [1.29, 1.82) is 5.26 Å². The van der Waals surface area contributed by atoms with E-state index in [9.17, 15) is 23.3 Å². The number of pyridine rings is 2. The van der Waals surface area contributed by atoms with Gasteiger partial charge in [0.1, 0.15) is 17.6 Å². The molecule has 4 aromatic rings. The number of nitriles is 1. The van der Waals surface area contributed by atoms with Crippen LogP contribution in [0.25, 0.3) is 16.6 Å². The van der Waals surface area contributed by atoms with Crippen molar-refractivity contribution in [3.8, 4) is 22.9 Å². The summed E-state index contributed by atoms with van der Waals surface area (Å²) in [4.78, 5) is 6.66. The molecule has 1 fully saturated rings. The number of nitrogens with zero attached hydrogens (tertiary/aromatic N) is 6. The van der Waals surface area contributed by atoms with Gasteiger partial charge in [-0.1, -0.05) is 18.2 Å². The summed E-state index contributed by atoms with van der Waals surface area (Å²) in [6.07, 6.45) is 5.55. The zero-order valence-corrected chi connectivity index (χ0v) is 22.1. The molecule has 2 N–H and O–H groups in total. The Morgan fingerprint density at radius 1 is 1.15 bits per heavy atom. The Labute approximate surface area is 226 Å². The van der Waals surface area contributed by atoms with E-state index < -0.39 is 15.9 Å². The third kappa shape index (κ3) is 5.51. The number of aliphatic hydroxyl groups is 1. The Kier molecular flexibility index (Phi) is 7.14. The van der Waals surface area contributed by atoms with Crippen LogP contribution in [0.4, 0.5) is 11.5 Å². The number of ether oxygens (including phenoxy) is 1. The summed E-state index contributed by atoms with van der Waals surface area (Å²) in [5, 5.41) is 25.1. The van der Waals surface area contributed by atoms with E-state index in [1.54, 1.807) is 47.2 Å². The highest BCUT2D eigenvalue weighted by atomic mass is 32.2. The number of hydrogen-bond acceptors (Lipinski definition) is 8. The number of anilines is 2. The predicted octanol–water partition coefficient (Wildman–Crippen LogP) is 3.31. The fourth-order valence-electron chi connectivity index (χ4n) is 4.85. The highest BCUT2D eigenvalue weighted by Gasteiger charge is 2.37. The van der Waals surface area contributed by atoms with Gasteiger partial charge in [0.05, 0.1) is 47.9 Å². The van der Waals surface area contributed by atoms with Crippen molar-refractivity contribution in [3.63, 3.8) is 0 Å². The highest BCUT2D eigenvalue weighted by Crippen LogP contribution is 2.33. The molecular formula is C27H28N6O5S. The molecule has 1 aromatic carbocycles. The van der Waals surface area contributed by atoms with Gasteiger partial charge in [-0.2, -0.15) is 18.8 Å². The van der Waals surface area contributed by atoms with E-state index in [-0.39, 0.29) is 25.1 Å². The van der Waals surface area contributed by atoms with Crippen molar-refractivity contribution in [1.82, 2.24) is 14.6 Å². The molecule has 202 valence electrons. The van der Waals surface area contributed by atoms with E-state index in [0.29, 0.717) is 42.3 Å². The minimum Gasteiger partial charge on any atom is -0.492 e. The van der Waals surface area contributed by atoms with Gasteiger partial charge >= 0.3 is 10.3 Å². The molecule has 11 nitrogen and oxygen atoms in total. The lowest BCUT2D eigenvalue weighted by molar-refractivity contribution is 0.0256. The first kappa shape index (κ1) is 26.4. The van der Waals surface area contributed by atoms with E-state index in [1.165, 1.54) is 6.20 Å². The first-order chi connectivity index (χ1) is 18.7. The lowest BCUT2D eigenvalue weighted by Crippen LogP contribution is -2.52. The number of para-hydroxylation sites is 1. The smallest absolute Gasteiger partial charge is 0.360 e. The van der Waals surface area contributed by atoms with E-state index in [4.69, 9.17) is 4.74 Å². The average molecular weight is 549 g/mol. The monoisotopic (exact) mass is 548 g/mol. The van der Waals surface area contributed by atoms with Crippen LogP contribution in [0.2, 0.25) is 0 Å². The minimum absolute atomic E-state index is 0.255. The average Bonchev–Trinajstić information content (AvgIpc) is 3.35. The lowest BCUT2D eigenvalue weighted by Gasteiger charge is -2.40. The third-order valence-electron chi connectivity index (χ3n) is 6.86.